The topological polar surface area (TPSA) is 93.3 Å². The number of carbonyl (C=O) groups excluding carboxylic acids is 2. The summed E-state index contributed by atoms with van der Waals surface area (Å²) in [5.41, 5.74) is -0.334. The van der Waals surface area contributed by atoms with E-state index < -0.39 is 23.7 Å². The van der Waals surface area contributed by atoms with Gasteiger partial charge in [0.2, 0.25) is 0 Å². The molecule has 1 atom stereocenters. The van der Waals surface area contributed by atoms with E-state index in [-0.39, 0.29) is 5.69 Å². The minimum absolute atomic E-state index is 0.232. The van der Waals surface area contributed by atoms with Gasteiger partial charge in [0.15, 0.2) is 0 Å². The van der Waals surface area contributed by atoms with Gasteiger partial charge in [-0.25, -0.2) is 14.6 Å². The third-order valence-electron chi connectivity index (χ3n) is 2.14. The number of imidazole rings is 1. The molecular formula is C12H19N3O4. The first-order chi connectivity index (χ1) is 8.73. The molecule has 2 N–H and O–H groups in total. The molecule has 1 aromatic heterocycles. The molecule has 7 nitrogen and oxygen atoms in total. The van der Waals surface area contributed by atoms with E-state index in [2.05, 4.69) is 20.0 Å². The molecule has 106 valence electrons. The van der Waals surface area contributed by atoms with Crippen molar-refractivity contribution in [3.8, 4) is 0 Å². The van der Waals surface area contributed by atoms with Gasteiger partial charge in [-0.15, -0.1) is 0 Å². The monoisotopic (exact) mass is 269 g/mol. The summed E-state index contributed by atoms with van der Waals surface area (Å²) in [6.07, 6.45) is 0.810. The number of H-pyrrole nitrogens is 1. The maximum atomic E-state index is 11.6. The highest BCUT2D eigenvalue weighted by molar-refractivity contribution is 5.86. The summed E-state index contributed by atoms with van der Waals surface area (Å²) in [6.45, 7) is 7.06. The molecule has 0 aromatic carbocycles. The second-order valence-electron chi connectivity index (χ2n) is 5.04. The fraction of sp³-hybridized carbons (Fsp3) is 0.583. The van der Waals surface area contributed by atoms with Crippen molar-refractivity contribution < 1.29 is 19.1 Å². The molecule has 0 spiro atoms. The van der Waals surface area contributed by atoms with Crippen molar-refractivity contribution in [2.75, 3.05) is 7.11 Å². The van der Waals surface area contributed by atoms with E-state index in [1.807, 2.05) is 0 Å². The zero-order valence-electron chi connectivity index (χ0n) is 11.7. The lowest BCUT2D eigenvalue weighted by Gasteiger charge is -2.21. The normalized spacial score (nSPS) is 12.7. The minimum atomic E-state index is -0.565. The number of methoxy groups -OCH3 is 1. The molecule has 0 saturated heterocycles. The van der Waals surface area contributed by atoms with Crippen molar-refractivity contribution in [3.05, 3.63) is 17.7 Å². The Morgan fingerprint density at radius 1 is 1.42 bits per heavy atom. The number of nitrogens with zero attached hydrogens (tertiary/aromatic N) is 1. The number of amides is 1. The van der Waals surface area contributed by atoms with E-state index in [1.54, 1.807) is 27.7 Å². The Hall–Kier alpha value is -2.05. The Labute approximate surface area is 111 Å². The molecule has 1 heterocycles. The number of hydrogen-bond acceptors (Lipinski definition) is 5. The molecule has 19 heavy (non-hydrogen) atoms. The second-order valence-corrected chi connectivity index (χ2v) is 5.04. The van der Waals surface area contributed by atoms with Gasteiger partial charge in [0.05, 0.1) is 19.3 Å². The van der Waals surface area contributed by atoms with Crippen molar-refractivity contribution in [1.29, 1.82) is 0 Å². The summed E-state index contributed by atoms with van der Waals surface area (Å²) in [6, 6.07) is -0.409. The molecular weight excluding hydrogens is 250 g/mol. The highest BCUT2D eigenvalue weighted by atomic mass is 16.6. The Kier molecular flexibility index (Phi) is 4.52. The van der Waals surface area contributed by atoms with E-state index >= 15 is 0 Å². The molecule has 0 unspecified atom stereocenters. The van der Waals surface area contributed by atoms with Gasteiger partial charge in [-0.05, 0) is 27.7 Å². The van der Waals surface area contributed by atoms with E-state index in [0.717, 1.165) is 0 Å². The minimum Gasteiger partial charge on any atom is -0.464 e. The second kappa shape index (κ2) is 5.73. The molecule has 0 radical (unpaired) electrons. The number of carbonyl (C=O) groups is 2. The van der Waals surface area contributed by atoms with Gasteiger partial charge >= 0.3 is 12.1 Å². The average Bonchev–Trinajstić information content (AvgIpc) is 2.74. The van der Waals surface area contributed by atoms with Gasteiger partial charge in [-0.1, -0.05) is 0 Å². The third-order valence-corrected chi connectivity index (χ3v) is 2.14. The lowest BCUT2D eigenvalue weighted by atomic mass is 10.2. The van der Waals surface area contributed by atoms with Crippen LogP contribution in [0.3, 0.4) is 0 Å². The average molecular weight is 269 g/mol. The Morgan fingerprint density at radius 2 is 2.05 bits per heavy atom. The smallest absolute Gasteiger partial charge is 0.408 e. The number of aromatic nitrogens is 2. The van der Waals surface area contributed by atoms with Gasteiger partial charge in [-0.2, -0.15) is 0 Å². The van der Waals surface area contributed by atoms with Crippen LogP contribution >= 0.6 is 0 Å². The fourth-order valence-electron chi connectivity index (χ4n) is 1.32. The summed E-state index contributed by atoms with van der Waals surface area (Å²) in [5, 5.41) is 2.62. The molecule has 0 aliphatic carbocycles. The zero-order chi connectivity index (χ0) is 14.6. The Balaban J connectivity index is 2.63. The van der Waals surface area contributed by atoms with Crippen LogP contribution in [0.5, 0.6) is 0 Å². The molecule has 0 saturated carbocycles. The first-order valence-electron chi connectivity index (χ1n) is 5.85. The number of alkyl carbamates (subject to hydrolysis) is 1. The van der Waals surface area contributed by atoms with Crippen LogP contribution in [0.4, 0.5) is 4.79 Å². The van der Waals surface area contributed by atoms with Crippen molar-refractivity contribution >= 4 is 12.1 Å². The Bertz CT molecular complexity index is 462. The van der Waals surface area contributed by atoms with Crippen LogP contribution in [0.15, 0.2) is 6.20 Å². The summed E-state index contributed by atoms with van der Waals surface area (Å²) in [4.78, 5) is 29.6. The van der Waals surface area contributed by atoms with Crippen molar-refractivity contribution in [2.45, 2.75) is 39.3 Å². The van der Waals surface area contributed by atoms with Crippen molar-refractivity contribution in [3.63, 3.8) is 0 Å². The van der Waals surface area contributed by atoms with E-state index in [0.29, 0.717) is 5.82 Å². The van der Waals surface area contributed by atoms with Gasteiger partial charge < -0.3 is 19.8 Å². The van der Waals surface area contributed by atoms with Gasteiger partial charge in [0.25, 0.3) is 0 Å². The van der Waals surface area contributed by atoms with Crippen LogP contribution in [-0.4, -0.2) is 34.7 Å². The number of nitrogens with one attached hydrogen (secondary N) is 2. The fourth-order valence-corrected chi connectivity index (χ4v) is 1.32. The summed E-state index contributed by atoms with van der Waals surface area (Å²) in [7, 11) is 1.28. The number of rotatable bonds is 3. The number of aromatic amines is 1. The SMILES string of the molecule is COC(=O)c1cnc([C@H](C)NC(=O)OC(C)(C)C)[nH]1. The molecule has 1 rings (SSSR count). The molecule has 0 bridgehead atoms. The standard InChI is InChI=1S/C12H19N3O4/c1-7(14-11(17)19-12(2,3)4)9-13-6-8(15-9)10(16)18-5/h6-7H,1-5H3,(H,13,15)(H,14,17)/t7-/m0/s1. The summed E-state index contributed by atoms with van der Waals surface area (Å²) < 4.78 is 9.68. The molecule has 1 amide bonds. The largest absolute Gasteiger partial charge is 0.464 e. The lowest BCUT2D eigenvalue weighted by Crippen LogP contribution is -2.34. The van der Waals surface area contributed by atoms with Crippen LogP contribution in [0.25, 0.3) is 0 Å². The predicted octanol–water partition coefficient (Wildman–Crippen LogP) is 1.78. The molecule has 7 heteroatoms. The van der Waals surface area contributed by atoms with Crippen LogP contribution in [0.2, 0.25) is 0 Å². The quantitative estimate of drug-likeness (QED) is 0.816. The van der Waals surface area contributed by atoms with Gasteiger partial charge in [0, 0.05) is 0 Å². The van der Waals surface area contributed by atoms with E-state index in [9.17, 15) is 9.59 Å². The first-order valence-corrected chi connectivity index (χ1v) is 5.85. The number of esters is 1. The molecule has 0 aliphatic rings. The maximum absolute atomic E-state index is 11.6. The highest BCUT2D eigenvalue weighted by Gasteiger charge is 2.20. The van der Waals surface area contributed by atoms with E-state index in [4.69, 9.17) is 4.74 Å². The molecule has 0 fully saturated rings. The number of ether oxygens (including phenoxy) is 2. The lowest BCUT2D eigenvalue weighted by molar-refractivity contribution is 0.0505. The summed E-state index contributed by atoms with van der Waals surface area (Å²) >= 11 is 0. The maximum Gasteiger partial charge on any atom is 0.408 e. The first kappa shape index (κ1) is 15.0. The van der Waals surface area contributed by atoms with Gasteiger partial charge in [0.1, 0.15) is 17.1 Å². The van der Waals surface area contributed by atoms with Crippen LogP contribution in [-0.2, 0) is 9.47 Å². The third kappa shape index (κ3) is 4.61. The zero-order valence-corrected chi connectivity index (χ0v) is 11.7. The van der Waals surface area contributed by atoms with Crippen molar-refractivity contribution in [1.82, 2.24) is 15.3 Å². The van der Waals surface area contributed by atoms with Crippen LogP contribution in [0.1, 0.15) is 50.0 Å². The predicted molar refractivity (Wildman–Crippen MR) is 67.7 cm³/mol. The highest BCUT2D eigenvalue weighted by Crippen LogP contribution is 2.11. The molecule has 1 aromatic rings. The van der Waals surface area contributed by atoms with Crippen LogP contribution in [0, 0.1) is 0 Å². The van der Waals surface area contributed by atoms with Crippen molar-refractivity contribution in [2.24, 2.45) is 0 Å². The number of hydrogen-bond donors (Lipinski definition) is 2. The molecule has 0 aliphatic heterocycles. The van der Waals surface area contributed by atoms with Gasteiger partial charge in [-0.3, -0.25) is 0 Å². The van der Waals surface area contributed by atoms with Crippen LogP contribution < -0.4 is 5.32 Å². The Morgan fingerprint density at radius 3 is 2.58 bits per heavy atom. The summed E-state index contributed by atoms with van der Waals surface area (Å²) in [5.74, 6) is -0.0607. The van der Waals surface area contributed by atoms with E-state index in [1.165, 1.54) is 13.3 Å².